The van der Waals surface area contributed by atoms with Gasteiger partial charge in [-0.3, -0.25) is 4.99 Å². The molecule has 0 fully saturated rings. The number of para-hydroxylation sites is 2. The maximum absolute atomic E-state index is 5.79. The number of hydrogen-bond donors (Lipinski definition) is 0. The first kappa shape index (κ1) is 16.1. The van der Waals surface area contributed by atoms with Gasteiger partial charge >= 0.3 is 0 Å². The third-order valence-electron chi connectivity index (χ3n) is 3.73. The van der Waals surface area contributed by atoms with E-state index in [1.54, 1.807) is 0 Å². The monoisotopic (exact) mass is 319 g/mol. The molecule has 0 saturated carbocycles. The molecule has 122 valence electrons. The molecule has 0 aliphatic carbocycles. The fourth-order valence-electron chi connectivity index (χ4n) is 2.67. The van der Waals surface area contributed by atoms with Gasteiger partial charge in [0.1, 0.15) is 17.2 Å². The molecule has 0 N–H and O–H groups in total. The van der Waals surface area contributed by atoms with Crippen LogP contribution in [0.5, 0.6) is 11.5 Å². The average Bonchev–Trinajstić information content (AvgIpc) is 2.62. The Morgan fingerprint density at radius 1 is 0.792 bits per heavy atom. The summed E-state index contributed by atoms with van der Waals surface area (Å²) in [6, 6.07) is 20.1. The van der Waals surface area contributed by atoms with Crippen molar-refractivity contribution in [3.63, 3.8) is 0 Å². The summed E-state index contributed by atoms with van der Waals surface area (Å²) in [5.41, 5.74) is 1.80. The Hall–Kier alpha value is -2.81. The van der Waals surface area contributed by atoms with E-state index in [4.69, 9.17) is 9.47 Å². The first-order valence-corrected chi connectivity index (χ1v) is 8.24. The number of rotatable bonds is 6. The third kappa shape index (κ3) is 3.40. The summed E-state index contributed by atoms with van der Waals surface area (Å²) in [4.78, 5) is 4.66. The summed E-state index contributed by atoms with van der Waals surface area (Å²) in [5, 5.41) is 2.29. The lowest BCUT2D eigenvalue weighted by Crippen LogP contribution is -1.97. The normalized spacial score (nSPS) is 11.1. The number of ether oxygens (including phenoxy) is 2. The summed E-state index contributed by atoms with van der Waals surface area (Å²) in [6.07, 6.45) is 1.87. The van der Waals surface area contributed by atoms with Crippen molar-refractivity contribution in [2.45, 2.75) is 13.8 Å². The van der Waals surface area contributed by atoms with Crippen LogP contribution < -0.4 is 9.47 Å². The van der Waals surface area contributed by atoms with Gasteiger partial charge in [-0.25, -0.2) is 0 Å². The minimum Gasteiger partial charge on any atom is -0.493 e. The van der Waals surface area contributed by atoms with Crippen molar-refractivity contribution in [1.29, 1.82) is 0 Å². The molecule has 0 aromatic heterocycles. The molecule has 3 heteroatoms. The molecule has 0 unspecified atom stereocenters. The van der Waals surface area contributed by atoms with Crippen molar-refractivity contribution in [2.75, 3.05) is 13.2 Å². The number of fused-ring (bicyclic) bond motifs is 1. The molecular weight excluding hydrogens is 298 g/mol. The molecule has 3 nitrogen and oxygen atoms in total. The van der Waals surface area contributed by atoms with Crippen LogP contribution in [0.25, 0.3) is 10.8 Å². The van der Waals surface area contributed by atoms with Crippen LogP contribution in [-0.2, 0) is 0 Å². The lowest BCUT2D eigenvalue weighted by molar-refractivity contribution is 0.340. The molecule has 0 heterocycles. The van der Waals surface area contributed by atoms with Crippen LogP contribution in [0.15, 0.2) is 65.7 Å². The number of hydrogen-bond acceptors (Lipinski definition) is 3. The van der Waals surface area contributed by atoms with Crippen molar-refractivity contribution in [3.8, 4) is 11.5 Å². The Kier molecular flexibility index (Phi) is 5.12. The van der Waals surface area contributed by atoms with Crippen LogP contribution in [0.1, 0.15) is 19.4 Å². The van der Waals surface area contributed by atoms with E-state index in [2.05, 4.69) is 23.2 Å². The smallest absolute Gasteiger partial charge is 0.144 e. The van der Waals surface area contributed by atoms with Crippen molar-refractivity contribution >= 4 is 22.7 Å². The first-order valence-electron chi connectivity index (χ1n) is 8.24. The number of aliphatic imine (C=N–C) groups is 1. The first-order chi connectivity index (χ1) is 11.8. The molecule has 24 heavy (non-hydrogen) atoms. The van der Waals surface area contributed by atoms with Gasteiger partial charge in [-0.1, -0.05) is 42.5 Å². The van der Waals surface area contributed by atoms with Crippen LogP contribution in [0, 0.1) is 0 Å². The fourth-order valence-corrected chi connectivity index (χ4v) is 2.67. The molecular formula is C21H21NO2. The van der Waals surface area contributed by atoms with Gasteiger partial charge in [0, 0.05) is 11.8 Å². The van der Waals surface area contributed by atoms with Crippen molar-refractivity contribution in [3.05, 3.63) is 66.2 Å². The van der Waals surface area contributed by atoms with Gasteiger partial charge < -0.3 is 9.47 Å². The second-order valence-electron chi connectivity index (χ2n) is 5.29. The molecule has 0 radical (unpaired) electrons. The van der Waals surface area contributed by atoms with Gasteiger partial charge in [-0.05, 0) is 42.8 Å². The quantitative estimate of drug-likeness (QED) is 0.570. The summed E-state index contributed by atoms with van der Waals surface area (Å²) >= 11 is 0. The SMILES string of the molecule is CCOc1ccccc1N=Cc1c(OCC)ccc2ccccc12. The summed E-state index contributed by atoms with van der Waals surface area (Å²) in [6.45, 7) is 5.19. The van der Waals surface area contributed by atoms with Gasteiger partial charge in [0.2, 0.25) is 0 Å². The highest BCUT2D eigenvalue weighted by Crippen LogP contribution is 2.30. The Morgan fingerprint density at radius 2 is 1.50 bits per heavy atom. The molecule has 0 atom stereocenters. The van der Waals surface area contributed by atoms with Crippen molar-refractivity contribution in [2.24, 2.45) is 4.99 Å². The molecule has 3 rings (SSSR count). The van der Waals surface area contributed by atoms with Gasteiger partial charge in [0.25, 0.3) is 0 Å². The predicted octanol–water partition coefficient (Wildman–Crippen LogP) is 5.39. The lowest BCUT2D eigenvalue weighted by atomic mass is 10.0. The van der Waals surface area contributed by atoms with E-state index < -0.39 is 0 Å². The van der Waals surface area contributed by atoms with Crippen molar-refractivity contribution in [1.82, 2.24) is 0 Å². The summed E-state index contributed by atoms with van der Waals surface area (Å²) < 4.78 is 11.4. The minimum absolute atomic E-state index is 0.616. The zero-order valence-electron chi connectivity index (χ0n) is 14.0. The Balaban J connectivity index is 2.07. The van der Waals surface area contributed by atoms with Crippen molar-refractivity contribution < 1.29 is 9.47 Å². The second kappa shape index (κ2) is 7.64. The van der Waals surface area contributed by atoms with Crippen LogP contribution >= 0.6 is 0 Å². The van der Waals surface area contributed by atoms with Gasteiger partial charge in [0.05, 0.1) is 13.2 Å². The van der Waals surface area contributed by atoms with E-state index in [1.807, 2.05) is 62.5 Å². The molecule has 0 amide bonds. The van der Waals surface area contributed by atoms with Gasteiger partial charge in [-0.15, -0.1) is 0 Å². The average molecular weight is 319 g/mol. The van der Waals surface area contributed by atoms with Gasteiger partial charge in [-0.2, -0.15) is 0 Å². The number of nitrogens with zero attached hydrogens (tertiary/aromatic N) is 1. The van der Waals surface area contributed by atoms with Crippen LogP contribution in [0.3, 0.4) is 0 Å². The largest absolute Gasteiger partial charge is 0.493 e. The zero-order valence-corrected chi connectivity index (χ0v) is 14.0. The summed E-state index contributed by atoms with van der Waals surface area (Å²) in [5.74, 6) is 1.63. The van der Waals surface area contributed by atoms with E-state index in [0.29, 0.717) is 13.2 Å². The lowest BCUT2D eigenvalue weighted by Gasteiger charge is -2.10. The van der Waals surface area contributed by atoms with E-state index in [-0.39, 0.29) is 0 Å². The maximum Gasteiger partial charge on any atom is 0.144 e. The third-order valence-corrected chi connectivity index (χ3v) is 3.73. The Labute approximate surface area is 142 Å². The minimum atomic E-state index is 0.616. The molecule has 3 aromatic carbocycles. The standard InChI is InChI=1S/C21H21NO2/c1-3-23-20-14-13-16-9-5-6-10-17(16)18(20)15-22-19-11-7-8-12-21(19)24-4-2/h5-15H,3-4H2,1-2H3. The molecule has 0 aliphatic heterocycles. The van der Waals surface area contributed by atoms with E-state index in [0.717, 1.165) is 28.1 Å². The number of benzene rings is 3. The highest BCUT2D eigenvalue weighted by molar-refractivity contribution is 6.03. The predicted molar refractivity (Wildman–Crippen MR) is 100.0 cm³/mol. The Bertz CT molecular complexity index is 855. The Morgan fingerprint density at radius 3 is 2.33 bits per heavy atom. The zero-order chi connectivity index (χ0) is 16.8. The maximum atomic E-state index is 5.79. The van der Waals surface area contributed by atoms with E-state index in [9.17, 15) is 0 Å². The highest BCUT2D eigenvalue weighted by Gasteiger charge is 2.07. The molecule has 0 bridgehead atoms. The second-order valence-corrected chi connectivity index (χ2v) is 5.29. The topological polar surface area (TPSA) is 30.8 Å². The van der Waals surface area contributed by atoms with Crippen LogP contribution in [-0.4, -0.2) is 19.4 Å². The summed E-state index contributed by atoms with van der Waals surface area (Å²) in [7, 11) is 0. The molecule has 0 saturated heterocycles. The van der Waals surface area contributed by atoms with E-state index in [1.165, 1.54) is 5.39 Å². The molecule has 3 aromatic rings. The van der Waals surface area contributed by atoms with E-state index >= 15 is 0 Å². The molecule has 0 spiro atoms. The highest BCUT2D eigenvalue weighted by atomic mass is 16.5. The fraction of sp³-hybridized carbons (Fsp3) is 0.190. The van der Waals surface area contributed by atoms with Crippen LogP contribution in [0.2, 0.25) is 0 Å². The molecule has 0 aliphatic rings. The van der Waals surface area contributed by atoms with Crippen LogP contribution in [0.4, 0.5) is 5.69 Å². The van der Waals surface area contributed by atoms with Gasteiger partial charge in [0.15, 0.2) is 0 Å².